The predicted octanol–water partition coefficient (Wildman–Crippen LogP) is 6.86. The summed E-state index contributed by atoms with van der Waals surface area (Å²) < 4.78 is 0. The molecule has 3 saturated carbocycles. The molecule has 3 fully saturated rings. The first-order valence-corrected chi connectivity index (χ1v) is 16.4. The van der Waals surface area contributed by atoms with E-state index in [1.807, 2.05) is 27.7 Å². The van der Waals surface area contributed by atoms with E-state index in [2.05, 4.69) is 36.5 Å². The van der Waals surface area contributed by atoms with Crippen LogP contribution in [0.5, 0.6) is 0 Å². The van der Waals surface area contributed by atoms with E-state index in [1.165, 1.54) is 0 Å². The summed E-state index contributed by atoms with van der Waals surface area (Å²) in [6.45, 7) is 17.6. The Morgan fingerprint density at radius 1 is 0.326 bits per heavy atom. The van der Waals surface area contributed by atoms with Crippen LogP contribution in [0.1, 0.15) is 88.5 Å². The maximum absolute atomic E-state index is 11.4. The molecule has 12 atom stereocenters. The summed E-state index contributed by atoms with van der Waals surface area (Å²) in [6, 6.07) is 0. The molecule has 6 rings (SSSR count). The maximum atomic E-state index is 11.4. The third-order valence-corrected chi connectivity index (χ3v) is 10.2. The van der Waals surface area contributed by atoms with Crippen molar-refractivity contribution in [2.75, 3.05) is 0 Å². The SMILES string of the molecule is CC.CC.CC(=O)C1C2C=CC(C2)C1C(C)=O.CC(=O)C1C2C=CC(C2)C1C(C)=O.CC(=O)C1C2C=CC(C2)C1C(C)=O. The molecule has 43 heavy (non-hydrogen) atoms. The summed E-state index contributed by atoms with van der Waals surface area (Å²) in [4.78, 5) is 68.2. The third-order valence-electron chi connectivity index (χ3n) is 10.2. The highest BCUT2D eigenvalue weighted by Crippen LogP contribution is 2.50. The van der Waals surface area contributed by atoms with Crippen LogP contribution in [0.15, 0.2) is 36.5 Å². The highest BCUT2D eigenvalue weighted by molar-refractivity contribution is 5.91. The molecule has 12 unspecified atom stereocenters. The molecule has 6 aliphatic carbocycles. The van der Waals surface area contributed by atoms with Gasteiger partial charge in [-0.25, -0.2) is 0 Å². The van der Waals surface area contributed by atoms with Crippen LogP contribution in [-0.2, 0) is 28.8 Å². The van der Waals surface area contributed by atoms with Gasteiger partial charge in [0, 0.05) is 35.5 Å². The van der Waals surface area contributed by atoms with Crippen LogP contribution in [-0.4, -0.2) is 34.7 Å². The van der Waals surface area contributed by atoms with E-state index >= 15 is 0 Å². The van der Waals surface area contributed by atoms with Gasteiger partial charge in [-0.1, -0.05) is 64.2 Å². The quantitative estimate of drug-likeness (QED) is 0.311. The lowest BCUT2D eigenvalue weighted by atomic mass is 9.79. The smallest absolute Gasteiger partial charge is 0.134 e. The fraction of sp³-hybridized carbons (Fsp3) is 0.676. The Labute approximate surface area is 259 Å². The van der Waals surface area contributed by atoms with Crippen LogP contribution >= 0.6 is 0 Å². The zero-order valence-electron chi connectivity index (χ0n) is 28.0. The highest BCUT2D eigenvalue weighted by Gasteiger charge is 2.50. The van der Waals surface area contributed by atoms with Crippen LogP contribution in [0, 0.1) is 71.0 Å². The van der Waals surface area contributed by atoms with Gasteiger partial charge < -0.3 is 0 Å². The van der Waals surface area contributed by atoms with Crippen LogP contribution in [0.25, 0.3) is 0 Å². The van der Waals surface area contributed by atoms with Gasteiger partial charge in [0.2, 0.25) is 0 Å². The number of fused-ring (bicyclic) bond motifs is 6. The normalized spacial score (nSPS) is 37.5. The van der Waals surface area contributed by atoms with Crippen molar-refractivity contribution in [3.05, 3.63) is 36.5 Å². The van der Waals surface area contributed by atoms with Gasteiger partial charge in [0.05, 0.1) is 0 Å². The Balaban J connectivity index is 0.000000212. The monoisotopic (exact) mass is 594 g/mol. The summed E-state index contributed by atoms with van der Waals surface area (Å²) in [5.74, 6) is 3.01. The molecule has 6 nitrogen and oxygen atoms in total. The van der Waals surface area contributed by atoms with Gasteiger partial charge in [0.15, 0.2) is 0 Å². The molecule has 0 saturated heterocycles. The fourth-order valence-corrected chi connectivity index (χ4v) is 8.79. The van der Waals surface area contributed by atoms with Crippen LogP contribution in [0.3, 0.4) is 0 Å². The van der Waals surface area contributed by atoms with Gasteiger partial charge in [-0.2, -0.15) is 0 Å². The summed E-state index contributed by atoms with van der Waals surface area (Å²) in [7, 11) is 0. The lowest BCUT2D eigenvalue weighted by Gasteiger charge is -2.23. The average Bonchev–Trinajstić information content (AvgIpc) is 3.81. The zero-order valence-corrected chi connectivity index (χ0v) is 28.0. The Bertz CT molecular complexity index is 931. The number of allylic oxidation sites excluding steroid dienone is 6. The largest absolute Gasteiger partial charge is 0.300 e. The number of hydrogen-bond donors (Lipinski definition) is 0. The van der Waals surface area contributed by atoms with Crippen molar-refractivity contribution in [1.82, 2.24) is 0 Å². The molecule has 0 aromatic rings. The number of Topliss-reactive ketones (excluding diaryl/α,β-unsaturated/α-hetero) is 6. The third kappa shape index (κ3) is 7.67. The Morgan fingerprint density at radius 2 is 0.442 bits per heavy atom. The predicted molar refractivity (Wildman–Crippen MR) is 170 cm³/mol. The molecule has 0 N–H and O–H groups in total. The minimum Gasteiger partial charge on any atom is -0.300 e. The number of carbonyl (C=O) groups excluding carboxylic acids is 6. The van der Waals surface area contributed by atoms with Crippen molar-refractivity contribution < 1.29 is 28.8 Å². The molecule has 0 aromatic carbocycles. The van der Waals surface area contributed by atoms with Crippen molar-refractivity contribution in [2.24, 2.45) is 71.0 Å². The van der Waals surface area contributed by atoms with Crippen molar-refractivity contribution in [3.63, 3.8) is 0 Å². The van der Waals surface area contributed by atoms with Crippen molar-refractivity contribution in [1.29, 1.82) is 0 Å². The second-order valence-corrected chi connectivity index (χ2v) is 12.7. The minimum atomic E-state index is -0.0208. The molecule has 0 spiro atoms. The number of carbonyl (C=O) groups is 6. The van der Waals surface area contributed by atoms with E-state index in [-0.39, 0.29) is 70.2 Å². The zero-order chi connectivity index (χ0) is 32.8. The topological polar surface area (TPSA) is 102 Å². The van der Waals surface area contributed by atoms with E-state index in [1.54, 1.807) is 41.5 Å². The summed E-state index contributed by atoms with van der Waals surface area (Å²) in [5.41, 5.74) is 0. The van der Waals surface area contributed by atoms with Crippen molar-refractivity contribution in [3.8, 4) is 0 Å². The second-order valence-electron chi connectivity index (χ2n) is 12.7. The number of hydrogen-bond acceptors (Lipinski definition) is 6. The standard InChI is InChI=1S/3C11H14O2.2C2H6/c3*1-6(12)10-8-3-4-9(5-8)11(10)7(2)13;2*1-2/h3*3-4,8-11H,5H2,1-2H3;2*1-2H3. The molecule has 6 aliphatic rings. The molecular weight excluding hydrogens is 540 g/mol. The maximum Gasteiger partial charge on any atom is 0.134 e. The molecule has 0 radical (unpaired) electrons. The van der Waals surface area contributed by atoms with Crippen LogP contribution < -0.4 is 0 Å². The van der Waals surface area contributed by atoms with Gasteiger partial charge in [-0.05, 0) is 96.3 Å². The summed E-state index contributed by atoms with van der Waals surface area (Å²) >= 11 is 0. The number of ketones is 6. The van der Waals surface area contributed by atoms with Crippen LogP contribution in [0.4, 0.5) is 0 Å². The Hall–Kier alpha value is -2.76. The van der Waals surface area contributed by atoms with Gasteiger partial charge >= 0.3 is 0 Å². The Morgan fingerprint density at radius 3 is 0.535 bits per heavy atom. The van der Waals surface area contributed by atoms with Crippen LogP contribution in [0.2, 0.25) is 0 Å². The first-order valence-electron chi connectivity index (χ1n) is 16.4. The van der Waals surface area contributed by atoms with Crippen molar-refractivity contribution in [2.45, 2.75) is 88.5 Å². The summed E-state index contributed by atoms with van der Waals surface area (Å²) in [6.07, 6.45) is 15.7. The molecule has 6 heteroatoms. The van der Waals surface area contributed by atoms with Gasteiger partial charge in [0.1, 0.15) is 34.7 Å². The van der Waals surface area contributed by atoms with E-state index in [0.29, 0.717) is 35.5 Å². The van der Waals surface area contributed by atoms with Gasteiger partial charge in [-0.15, -0.1) is 0 Å². The minimum absolute atomic E-state index is 0.0208. The Kier molecular flexibility index (Phi) is 13.4. The molecular formula is C37H54O6. The molecule has 0 aliphatic heterocycles. The first-order chi connectivity index (χ1) is 20.3. The van der Waals surface area contributed by atoms with E-state index < -0.39 is 0 Å². The molecule has 238 valence electrons. The second kappa shape index (κ2) is 15.8. The van der Waals surface area contributed by atoms with Crippen molar-refractivity contribution >= 4 is 34.7 Å². The number of rotatable bonds is 6. The molecule has 0 aromatic heterocycles. The lowest BCUT2D eigenvalue weighted by Crippen LogP contribution is -2.30. The summed E-state index contributed by atoms with van der Waals surface area (Å²) in [5, 5.41) is 0. The van der Waals surface area contributed by atoms with E-state index in [4.69, 9.17) is 0 Å². The van der Waals surface area contributed by atoms with Gasteiger partial charge in [-0.3, -0.25) is 28.8 Å². The van der Waals surface area contributed by atoms with E-state index in [9.17, 15) is 28.8 Å². The lowest BCUT2D eigenvalue weighted by molar-refractivity contribution is -0.130. The van der Waals surface area contributed by atoms with E-state index in [0.717, 1.165) is 19.3 Å². The molecule has 0 amide bonds. The fourth-order valence-electron chi connectivity index (χ4n) is 8.79. The average molecular weight is 595 g/mol. The molecule has 6 bridgehead atoms. The highest BCUT2D eigenvalue weighted by atomic mass is 16.1. The van der Waals surface area contributed by atoms with Gasteiger partial charge in [0.25, 0.3) is 0 Å². The molecule has 0 heterocycles. The first kappa shape index (κ1) is 36.4.